The van der Waals surface area contributed by atoms with E-state index < -0.39 is 17.1 Å². The minimum absolute atomic E-state index is 0.111. The maximum absolute atomic E-state index is 13.6. The molecule has 1 aliphatic heterocycles. The molecule has 5 rings (SSSR count). The molecule has 1 saturated heterocycles. The van der Waals surface area contributed by atoms with Crippen LogP contribution in [0.4, 0.5) is 10.2 Å². The molecule has 1 fully saturated rings. The van der Waals surface area contributed by atoms with E-state index in [1.54, 1.807) is 23.2 Å². The van der Waals surface area contributed by atoms with E-state index in [9.17, 15) is 23.6 Å². The number of H-pyrrole nitrogens is 1. The summed E-state index contributed by atoms with van der Waals surface area (Å²) in [4.78, 5) is 65.9. The molecule has 0 radical (unpaired) electrons. The predicted molar refractivity (Wildman–Crippen MR) is 159 cm³/mol. The van der Waals surface area contributed by atoms with Gasteiger partial charge in [0.2, 0.25) is 5.91 Å². The lowest BCUT2D eigenvalue weighted by molar-refractivity contribution is -0.127. The van der Waals surface area contributed by atoms with Crippen molar-refractivity contribution in [3.63, 3.8) is 0 Å². The predicted octanol–water partition coefficient (Wildman–Crippen LogP) is 2.80. The topological polar surface area (TPSA) is 135 Å². The Balaban J connectivity index is 1.50. The summed E-state index contributed by atoms with van der Waals surface area (Å²) in [6.07, 6.45) is 4.20. The second kappa shape index (κ2) is 13.1. The van der Waals surface area contributed by atoms with Crippen LogP contribution in [0.1, 0.15) is 43.0 Å². The molecule has 0 bridgehead atoms. The van der Waals surface area contributed by atoms with Gasteiger partial charge in [0.1, 0.15) is 17.5 Å². The SMILES string of the molecule is CCCn1c(-c2ccc(N(CCCN3CCCC3=O)C(=O)c3ccc(F)cc3)nc2)nc2c(=O)[nH]c(=O)n(CCOC)c21. The number of amides is 2. The van der Waals surface area contributed by atoms with Crippen LogP contribution in [0.3, 0.4) is 0 Å². The van der Waals surface area contributed by atoms with Crippen LogP contribution in [0.2, 0.25) is 0 Å². The van der Waals surface area contributed by atoms with E-state index in [1.807, 2.05) is 11.5 Å². The summed E-state index contributed by atoms with van der Waals surface area (Å²) < 4.78 is 22.0. The summed E-state index contributed by atoms with van der Waals surface area (Å²) in [5.41, 5.74) is 0.307. The molecule has 43 heavy (non-hydrogen) atoms. The number of aromatic amines is 1. The Morgan fingerprint density at radius 1 is 1.07 bits per heavy atom. The molecule has 0 unspecified atom stereocenters. The van der Waals surface area contributed by atoms with Crippen molar-refractivity contribution in [2.45, 2.75) is 45.7 Å². The monoisotopic (exact) mass is 591 g/mol. The van der Waals surface area contributed by atoms with Crippen molar-refractivity contribution < 1.29 is 18.7 Å². The van der Waals surface area contributed by atoms with Gasteiger partial charge in [-0.1, -0.05) is 6.92 Å². The molecule has 4 heterocycles. The summed E-state index contributed by atoms with van der Waals surface area (Å²) in [6.45, 7) is 4.50. The van der Waals surface area contributed by atoms with Crippen molar-refractivity contribution in [2.75, 3.05) is 38.3 Å². The number of ether oxygens (including phenoxy) is 1. The summed E-state index contributed by atoms with van der Waals surface area (Å²) >= 11 is 0. The first kappa shape index (κ1) is 29.8. The number of aromatic nitrogens is 5. The second-order valence-electron chi connectivity index (χ2n) is 10.4. The molecule has 0 aliphatic carbocycles. The van der Waals surface area contributed by atoms with E-state index in [0.29, 0.717) is 73.9 Å². The van der Waals surface area contributed by atoms with Crippen molar-refractivity contribution in [3.8, 4) is 11.4 Å². The lowest BCUT2D eigenvalue weighted by atomic mass is 10.1. The van der Waals surface area contributed by atoms with Gasteiger partial charge < -0.3 is 14.2 Å². The van der Waals surface area contributed by atoms with Crippen LogP contribution in [-0.2, 0) is 22.6 Å². The van der Waals surface area contributed by atoms with Crippen LogP contribution in [0.5, 0.6) is 0 Å². The Morgan fingerprint density at radius 2 is 1.86 bits per heavy atom. The Hall–Kier alpha value is -4.65. The fourth-order valence-electron chi connectivity index (χ4n) is 5.34. The average molecular weight is 592 g/mol. The molecule has 12 nitrogen and oxygen atoms in total. The van der Waals surface area contributed by atoms with Crippen molar-refractivity contribution in [3.05, 3.63) is 74.8 Å². The number of nitrogens with zero attached hydrogens (tertiary/aromatic N) is 6. The normalized spacial score (nSPS) is 13.3. The molecule has 1 N–H and O–H groups in total. The van der Waals surface area contributed by atoms with Crippen LogP contribution in [0, 0.1) is 5.82 Å². The van der Waals surface area contributed by atoms with Gasteiger partial charge in [-0.25, -0.2) is 19.2 Å². The van der Waals surface area contributed by atoms with E-state index in [1.165, 1.54) is 40.8 Å². The van der Waals surface area contributed by atoms with Gasteiger partial charge in [-0.05, 0) is 55.7 Å². The number of fused-ring (bicyclic) bond motifs is 1. The van der Waals surface area contributed by atoms with E-state index in [4.69, 9.17) is 4.74 Å². The lowest BCUT2D eigenvalue weighted by Crippen LogP contribution is -2.35. The van der Waals surface area contributed by atoms with Gasteiger partial charge >= 0.3 is 5.69 Å². The first-order valence-electron chi connectivity index (χ1n) is 14.4. The van der Waals surface area contributed by atoms with Crippen LogP contribution >= 0.6 is 0 Å². The van der Waals surface area contributed by atoms with Crippen LogP contribution in [-0.4, -0.2) is 74.2 Å². The minimum Gasteiger partial charge on any atom is -0.383 e. The number of hydrogen-bond donors (Lipinski definition) is 1. The van der Waals surface area contributed by atoms with E-state index >= 15 is 0 Å². The average Bonchev–Trinajstić information content (AvgIpc) is 3.59. The minimum atomic E-state index is -0.582. The number of aryl methyl sites for hydroxylation is 1. The number of carbonyl (C=O) groups is 2. The standard InChI is InChI=1S/C30H34FN7O5/c1-3-13-37-26(33-25-27(40)34-30(42)38(28(25)37)17-18-43-2)21-9-12-23(32-19-21)36(16-5-15-35-14-4-6-24(35)39)29(41)20-7-10-22(31)11-8-20/h7-12,19H,3-6,13-18H2,1-2H3,(H,34,40,42). The maximum Gasteiger partial charge on any atom is 0.330 e. The number of carbonyl (C=O) groups excluding carboxylic acids is 2. The molecule has 0 spiro atoms. The summed E-state index contributed by atoms with van der Waals surface area (Å²) in [6, 6.07) is 8.77. The van der Waals surface area contributed by atoms with Gasteiger partial charge in [0, 0.05) is 57.0 Å². The Bertz CT molecular complexity index is 1730. The number of nitrogens with one attached hydrogen (secondary N) is 1. The first-order chi connectivity index (χ1) is 20.8. The van der Waals surface area contributed by atoms with Gasteiger partial charge in [0.05, 0.1) is 13.2 Å². The zero-order valence-corrected chi connectivity index (χ0v) is 24.2. The van der Waals surface area contributed by atoms with Crippen molar-refractivity contribution in [1.29, 1.82) is 0 Å². The molecule has 226 valence electrons. The lowest BCUT2D eigenvalue weighted by Gasteiger charge is -2.24. The van der Waals surface area contributed by atoms with Crippen LogP contribution in [0.15, 0.2) is 52.2 Å². The van der Waals surface area contributed by atoms with Gasteiger partial charge in [-0.2, -0.15) is 0 Å². The Kier molecular flexibility index (Phi) is 9.10. The molecule has 2 amide bonds. The first-order valence-corrected chi connectivity index (χ1v) is 14.4. The number of imidazole rings is 1. The molecule has 0 atom stereocenters. The molecule has 4 aromatic rings. The number of hydrogen-bond acceptors (Lipinski definition) is 7. The number of methoxy groups -OCH3 is 1. The highest BCUT2D eigenvalue weighted by Crippen LogP contribution is 2.25. The summed E-state index contributed by atoms with van der Waals surface area (Å²) in [5, 5.41) is 0. The fraction of sp³-hybridized carbons (Fsp3) is 0.400. The van der Waals surface area contributed by atoms with Gasteiger partial charge in [-0.15, -0.1) is 0 Å². The van der Waals surface area contributed by atoms with E-state index in [2.05, 4.69) is 15.0 Å². The molecule has 13 heteroatoms. The third-order valence-corrected chi connectivity index (χ3v) is 7.44. The number of anilines is 1. The number of rotatable bonds is 12. The van der Waals surface area contributed by atoms with Gasteiger partial charge in [0.15, 0.2) is 11.2 Å². The largest absolute Gasteiger partial charge is 0.383 e. The Labute approximate surface area is 246 Å². The van der Waals surface area contributed by atoms with Crippen LogP contribution in [0.25, 0.3) is 22.6 Å². The summed E-state index contributed by atoms with van der Waals surface area (Å²) in [5.74, 6) is 0.153. The molecule has 1 aliphatic rings. The Morgan fingerprint density at radius 3 is 2.51 bits per heavy atom. The molecular weight excluding hydrogens is 557 g/mol. The third-order valence-electron chi connectivity index (χ3n) is 7.44. The maximum atomic E-state index is 13.6. The quantitative estimate of drug-likeness (QED) is 0.268. The van der Waals surface area contributed by atoms with Gasteiger partial charge in [-0.3, -0.25) is 28.8 Å². The molecule has 0 saturated carbocycles. The van der Waals surface area contributed by atoms with Crippen molar-refractivity contribution in [2.24, 2.45) is 0 Å². The zero-order chi connectivity index (χ0) is 30.5. The second-order valence-corrected chi connectivity index (χ2v) is 10.4. The molecule has 1 aromatic carbocycles. The highest BCUT2D eigenvalue weighted by Gasteiger charge is 2.24. The number of benzene rings is 1. The molecular formula is C30H34FN7O5. The number of likely N-dealkylation sites (tertiary alicyclic amines) is 1. The smallest absolute Gasteiger partial charge is 0.330 e. The zero-order valence-electron chi connectivity index (χ0n) is 24.2. The van der Waals surface area contributed by atoms with E-state index in [-0.39, 0.29) is 30.5 Å². The number of pyridine rings is 1. The fourth-order valence-corrected chi connectivity index (χ4v) is 5.34. The number of halogens is 1. The van der Waals surface area contributed by atoms with E-state index in [0.717, 1.165) is 6.42 Å². The van der Waals surface area contributed by atoms with Crippen molar-refractivity contribution >= 4 is 28.8 Å². The third kappa shape index (κ3) is 6.26. The van der Waals surface area contributed by atoms with Gasteiger partial charge in [0.25, 0.3) is 11.5 Å². The molecule has 3 aromatic heterocycles. The highest BCUT2D eigenvalue weighted by molar-refractivity contribution is 6.05. The van der Waals surface area contributed by atoms with Crippen LogP contribution < -0.4 is 16.1 Å². The highest BCUT2D eigenvalue weighted by atomic mass is 19.1. The summed E-state index contributed by atoms with van der Waals surface area (Å²) in [7, 11) is 1.53. The van der Waals surface area contributed by atoms with Crippen molar-refractivity contribution in [1.82, 2.24) is 29.0 Å².